The van der Waals surface area contributed by atoms with E-state index in [9.17, 15) is 0 Å². The molecule has 1 aliphatic carbocycles. The number of hydrogen-bond donors (Lipinski definition) is 0. The van der Waals surface area contributed by atoms with Crippen LogP contribution in [0, 0.1) is 0 Å². The Morgan fingerprint density at radius 3 is 1.64 bits per heavy atom. The van der Waals surface area contributed by atoms with E-state index in [1.54, 1.807) is 0 Å². The molecule has 0 unspecified atom stereocenters. The van der Waals surface area contributed by atoms with E-state index in [0.29, 0.717) is 17.5 Å². The highest BCUT2D eigenvalue weighted by Gasteiger charge is 2.36. The Morgan fingerprint density at radius 1 is 0.358 bits per heavy atom. The Hall–Kier alpha value is -6.85. The van der Waals surface area contributed by atoms with Gasteiger partial charge in [0.25, 0.3) is 0 Å². The van der Waals surface area contributed by atoms with Crippen molar-refractivity contribution in [1.29, 1.82) is 0 Å². The van der Waals surface area contributed by atoms with E-state index in [2.05, 4.69) is 92.7 Å². The third-order valence-electron chi connectivity index (χ3n) is 10.9. The van der Waals surface area contributed by atoms with Gasteiger partial charge in [0.2, 0.25) is 0 Å². The van der Waals surface area contributed by atoms with Crippen LogP contribution in [-0.2, 0) is 5.41 Å². The maximum atomic E-state index is 6.30. The molecule has 0 atom stereocenters. The van der Waals surface area contributed by atoms with Crippen LogP contribution in [0.3, 0.4) is 0 Å². The fourth-order valence-electron chi connectivity index (χ4n) is 8.20. The van der Waals surface area contributed by atoms with E-state index < -0.39 is 0 Å². The lowest BCUT2D eigenvalue weighted by Crippen LogP contribution is -2.14. The lowest BCUT2D eigenvalue weighted by atomic mass is 9.82. The van der Waals surface area contributed by atoms with Crippen molar-refractivity contribution in [2.45, 2.75) is 19.3 Å². The Bertz CT molecular complexity index is 3100. The number of furan rings is 2. The fourth-order valence-corrected chi connectivity index (χ4v) is 8.20. The molecule has 250 valence electrons. The molecule has 11 rings (SSSR count). The second-order valence-corrected chi connectivity index (χ2v) is 14.4. The zero-order chi connectivity index (χ0) is 35.3. The molecule has 0 radical (unpaired) electrons. The summed E-state index contributed by atoms with van der Waals surface area (Å²) >= 11 is 0. The maximum absolute atomic E-state index is 6.30. The first kappa shape index (κ1) is 29.8. The first-order valence-corrected chi connectivity index (χ1v) is 17.9. The molecule has 53 heavy (non-hydrogen) atoms. The molecule has 0 spiro atoms. The molecule has 1 aliphatic rings. The smallest absolute Gasteiger partial charge is 0.164 e. The summed E-state index contributed by atoms with van der Waals surface area (Å²) in [5.74, 6) is 1.86. The predicted octanol–water partition coefficient (Wildman–Crippen LogP) is 12.6. The van der Waals surface area contributed by atoms with Crippen LogP contribution in [0.5, 0.6) is 0 Å². The van der Waals surface area contributed by atoms with Crippen LogP contribution in [0.15, 0.2) is 160 Å². The molecule has 7 aromatic carbocycles. The van der Waals surface area contributed by atoms with E-state index in [0.717, 1.165) is 71.7 Å². The highest BCUT2D eigenvalue weighted by molar-refractivity contribution is 6.08. The standard InChI is InChI=1S/C48H31N3O2/c1-48(2)39-21-19-30(24-35(39)36-26-38-34-16-7-9-18-42(34)53-44(38)27-40(36)48)29-13-10-14-31(23-29)46-49-45(28-11-4-3-5-12-28)50-47(51-46)32-20-22-43-37(25-32)33-15-6-8-17-41(33)52-43/h3-27H,1-2H3. The van der Waals surface area contributed by atoms with Crippen LogP contribution in [0.4, 0.5) is 0 Å². The number of hydrogen-bond acceptors (Lipinski definition) is 5. The molecule has 0 N–H and O–H groups in total. The molecule has 5 heteroatoms. The van der Waals surface area contributed by atoms with Crippen LogP contribution >= 0.6 is 0 Å². The van der Waals surface area contributed by atoms with E-state index >= 15 is 0 Å². The molecule has 0 amide bonds. The van der Waals surface area contributed by atoms with Crippen molar-refractivity contribution < 1.29 is 8.83 Å². The predicted molar refractivity (Wildman–Crippen MR) is 214 cm³/mol. The van der Waals surface area contributed by atoms with Gasteiger partial charge in [-0.3, -0.25) is 0 Å². The van der Waals surface area contributed by atoms with Crippen molar-refractivity contribution in [2.24, 2.45) is 0 Å². The molecule has 0 saturated heterocycles. The number of rotatable bonds is 4. The van der Waals surface area contributed by atoms with Gasteiger partial charge in [0.05, 0.1) is 0 Å². The summed E-state index contributed by atoms with van der Waals surface area (Å²) in [5, 5.41) is 4.39. The first-order chi connectivity index (χ1) is 26.0. The largest absolute Gasteiger partial charge is 0.456 e. The van der Waals surface area contributed by atoms with Crippen molar-refractivity contribution in [2.75, 3.05) is 0 Å². The number of fused-ring (bicyclic) bond motifs is 9. The van der Waals surface area contributed by atoms with Gasteiger partial charge in [-0.05, 0) is 88.0 Å². The summed E-state index contributed by atoms with van der Waals surface area (Å²) in [6.07, 6.45) is 0. The minimum absolute atomic E-state index is 0.154. The molecule has 0 aliphatic heterocycles. The average Bonchev–Trinajstić information content (AvgIpc) is 3.84. The normalized spacial score (nSPS) is 13.2. The summed E-state index contributed by atoms with van der Waals surface area (Å²) < 4.78 is 12.4. The first-order valence-electron chi connectivity index (χ1n) is 17.9. The van der Waals surface area contributed by atoms with Gasteiger partial charge in [-0.1, -0.05) is 111 Å². The summed E-state index contributed by atoms with van der Waals surface area (Å²) in [6, 6.07) is 52.6. The Labute approximate surface area is 305 Å². The van der Waals surface area contributed by atoms with E-state index in [1.807, 2.05) is 72.8 Å². The minimum Gasteiger partial charge on any atom is -0.456 e. The van der Waals surface area contributed by atoms with Crippen LogP contribution in [0.25, 0.3) is 100 Å². The molecule has 5 nitrogen and oxygen atoms in total. The molecule has 0 bridgehead atoms. The van der Waals surface area contributed by atoms with Gasteiger partial charge in [-0.25, -0.2) is 15.0 Å². The Morgan fingerprint density at radius 2 is 0.887 bits per heavy atom. The van der Waals surface area contributed by atoms with Crippen LogP contribution in [-0.4, -0.2) is 15.0 Å². The number of aromatic nitrogens is 3. The van der Waals surface area contributed by atoms with Crippen molar-refractivity contribution in [3.05, 3.63) is 163 Å². The van der Waals surface area contributed by atoms with Gasteiger partial charge in [0.1, 0.15) is 22.3 Å². The van der Waals surface area contributed by atoms with Crippen molar-refractivity contribution in [3.8, 4) is 56.4 Å². The zero-order valence-electron chi connectivity index (χ0n) is 29.1. The molecule has 3 heterocycles. The highest BCUT2D eigenvalue weighted by atomic mass is 16.3. The summed E-state index contributed by atoms with van der Waals surface area (Å²) in [5.41, 5.74) is 13.5. The molecule has 3 aromatic heterocycles. The van der Waals surface area contributed by atoms with E-state index in [4.69, 9.17) is 23.8 Å². The second-order valence-electron chi connectivity index (χ2n) is 14.4. The molecular formula is C48H31N3O2. The molecule has 0 fully saturated rings. The van der Waals surface area contributed by atoms with Crippen molar-refractivity contribution >= 4 is 43.9 Å². The summed E-state index contributed by atoms with van der Waals surface area (Å²) in [7, 11) is 0. The molecular weight excluding hydrogens is 651 g/mol. The average molecular weight is 682 g/mol. The zero-order valence-corrected chi connectivity index (χ0v) is 29.1. The van der Waals surface area contributed by atoms with Crippen LogP contribution < -0.4 is 0 Å². The Balaban J connectivity index is 1.04. The lowest BCUT2D eigenvalue weighted by Gasteiger charge is -2.21. The minimum atomic E-state index is -0.154. The third-order valence-corrected chi connectivity index (χ3v) is 10.9. The van der Waals surface area contributed by atoms with Crippen LogP contribution in [0.1, 0.15) is 25.0 Å². The number of nitrogens with zero attached hydrogens (tertiary/aromatic N) is 3. The van der Waals surface area contributed by atoms with Crippen LogP contribution in [0.2, 0.25) is 0 Å². The fraction of sp³-hybridized carbons (Fsp3) is 0.0625. The van der Waals surface area contributed by atoms with E-state index in [1.165, 1.54) is 22.3 Å². The van der Waals surface area contributed by atoms with Crippen molar-refractivity contribution in [3.63, 3.8) is 0 Å². The lowest BCUT2D eigenvalue weighted by molar-refractivity contribution is 0.647. The number of benzene rings is 7. The van der Waals surface area contributed by atoms with Gasteiger partial charge in [-0.15, -0.1) is 0 Å². The topological polar surface area (TPSA) is 65.0 Å². The SMILES string of the molecule is CC1(C)c2ccc(-c3cccc(-c4nc(-c5ccccc5)nc(-c5ccc6oc7ccccc7c6c5)n4)c3)cc2-c2cc3c(cc21)oc1ccccc13. The summed E-state index contributed by atoms with van der Waals surface area (Å²) in [6.45, 7) is 4.61. The summed E-state index contributed by atoms with van der Waals surface area (Å²) in [4.78, 5) is 15.1. The highest BCUT2D eigenvalue weighted by Crippen LogP contribution is 2.51. The van der Waals surface area contributed by atoms with Gasteiger partial charge >= 0.3 is 0 Å². The maximum Gasteiger partial charge on any atom is 0.164 e. The third kappa shape index (κ3) is 4.60. The number of para-hydroxylation sites is 2. The monoisotopic (exact) mass is 681 g/mol. The Kier molecular flexibility index (Phi) is 6.23. The quantitative estimate of drug-likeness (QED) is 0.185. The van der Waals surface area contributed by atoms with Gasteiger partial charge in [0, 0.05) is 43.7 Å². The molecule has 0 saturated carbocycles. The molecule has 10 aromatic rings. The van der Waals surface area contributed by atoms with Gasteiger partial charge < -0.3 is 8.83 Å². The van der Waals surface area contributed by atoms with Gasteiger partial charge in [0.15, 0.2) is 17.5 Å². The second kappa shape index (κ2) is 11.1. The van der Waals surface area contributed by atoms with Gasteiger partial charge in [-0.2, -0.15) is 0 Å². The van der Waals surface area contributed by atoms with Crippen molar-refractivity contribution in [1.82, 2.24) is 15.0 Å². The van der Waals surface area contributed by atoms with E-state index in [-0.39, 0.29) is 5.41 Å².